The van der Waals surface area contributed by atoms with Crippen molar-refractivity contribution in [1.29, 1.82) is 0 Å². The van der Waals surface area contributed by atoms with Crippen LogP contribution in [0, 0.1) is 5.92 Å². The summed E-state index contributed by atoms with van der Waals surface area (Å²) < 4.78 is 0. The number of carbonyl (C=O) groups excluding carboxylic acids is 11. The first-order chi connectivity index (χ1) is 38.2. The molecule has 0 bridgehead atoms. The van der Waals surface area contributed by atoms with Gasteiger partial charge in [-0.25, -0.2) is 0 Å². The summed E-state index contributed by atoms with van der Waals surface area (Å²) in [5, 5.41) is 59.3. The lowest BCUT2D eigenvalue weighted by Crippen LogP contribution is -2.62. The van der Waals surface area contributed by atoms with E-state index >= 15 is 0 Å². The maximum atomic E-state index is 14.4. The van der Waals surface area contributed by atoms with Crippen LogP contribution in [0.25, 0.3) is 0 Å². The molecule has 1 saturated heterocycles. The first-order valence-electron chi connectivity index (χ1n) is 27.7. The van der Waals surface area contributed by atoms with Crippen LogP contribution in [-0.2, 0) is 52.7 Å². The van der Waals surface area contributed by atoms with Crippen molar-refractivity contribution in [3.63, 3.8) is 0 Å². The molecule has 0 aromatic rings. The quantitative estimate of drug-likeness (QED) is 0.0256. The number of aliphatic hydroxyl groups is 3. The summed E-state index contributed by atoms with van der Waals surface area (Å²) in [5.74, 6) is -10.8. The second-order valence-corrected chi connectivity index (χ2v) is 20.6. The molecule has 0 aliphatic carbocycles. The van der Waals surface area contributed by atoms with Crippen molar-refractivity contribution in [2.45, 2.75) is 197 Å². The fourth-order valence-electron chi connectivity index (χ4n) is 8.33. The van der Waals surface area contributed by atoms with Gasteiger partial charge in [-0.1, -0.05) is 53.0 Å². The Kier molecular flexibility index (Phi) is 34.4. The highest BCUT2D eigenvalue weighted by molar-refractivity contribution is 5.99. The van der Waals surface area contributed by atoms with E-state index in [9.17, 15) is 68.1 Å². The zero-order valence-electron chi connectivity index (χ0n) is 47.7. The standard InChI is InChI=1S/C51H94N16O14/c1-8-9-10-11-12-13-37(71)64-38(27(4)25-56)49(79)67-41(30(7)70)51(81)62-33(16-21-54)43(73)60-35-18-23-57-48(78)39(28(5)68)65-46(76)34(17-22-55)59-42(72)32(15-20-53)61-50(80)40(29(6)69)66-47(77)36(24-26(2)3)63-44(74)31(14-19-52)58-45(35)75/h26,28-36,38-41,68-70H,4,8-25,52-56H2,1-3,5-7H3,(H,57,78)(H,58,75)(H,59,72)(H,60,73)(H,61,80)(H,62,81)(H,63,74)(H,64,71)(H,65,76)(H,66,77)(H,67,79)/t28-,29-,30-,31+,32+,33-,34+,35+,36-,38+,39+,40+,41+/m1/s1. The van der Waals surface area contributed by atoms with Crippen molar-refractivity contribution in [3.8, 4) is 0 Å². The third kappa shape index (κ3) is 25.9. The molecule has 0 unspecified atom stereocenters. The summed E-state index contributed by atoms with van der Waals surface area (Å²) in [4.78, 5) is 152. The van der Waals surface area contributed by atoms with Crippen molar-refractivity contribution in [2.24, 2.45) is 34.6 Å². The van der Waals surface area contributed by atoms with Crippen LogP contribution in [0.15, 0.2) is 12.2 Å². The van der Waals surface area contributed by atoms with Crippen molar-refractivity contribution in [3.05, 3.63) is 12.2 Å². The van der Waals surface area contributed by atoms with Gasteiger partial charge in [0.05, 0.1) is 18.3 Å². The third-order valence-electron chi connectivity index (χ3n) is 13.0. The van der Waals surface area contributed by atoms with Gasteiger partial charge in [0.15, 0.2) is 0 Å². The van der Waals surface area contributed by atoms with Gasteiger partial charge in [0, 0.05) is 19.5 Å². The zero-order valence-corrected chi connectivity index (χ0v) is 47.7. The average molecular weight is 1160 g/mol. The molecule has 13 atom stereocenters. The van der Waals surface area contributed by atoms with E-state index in [1.165, 1.54) is 20.8 Å². The molecule has 1 heterocycles. The van der Waals surface area contributed by atoms with Crippen LogP contribution < -0.4 is 87.2 Å². The minimum Gasteiger partial charge on any atom is -0.391 e. The molecule has 11 amide bonds. The van der Waals surface area contributed by atoms with Crippen molar-refractivity contribution in [2.75, 3.05) is 39.3 Å². The molecule has 1 aliphatic heterocycles. The summed E-state index contributed by atoms with van der Waals surface area (Å²) in [5.41, 5.74) is 29.2. The van der Waals surface area contributed by atoms with E-state index in [-0.39, 0.29) is 82.7 Å². The van der Waals surface area contributed by atoms with Gasteiger partial charge in [-0.2, -0.15) is 0 Å². The average Bonchev–Trinajstić information content (AvgIpc) is 3.40. The molecule has 24 N–H and O–H groups in total. The van der Waals surface area contributed by atoms with E-state index in [0.29, 0.717) is 6.42 Å². The Morgan fingerprint density at radius 1 is 0.580 bits per heavy atom. The second kappa shape index (κ2) is 38.3. The Labute approximate surface area is 473 Å². The minimum atomic E-state index is -1.75. The summed E-state index contributed by atoms with van der Waals surface area (Å²) in [6.45, 7) is 11.3. The smallest absolute Gasteiger partial charge is 0.247 e. The SMILES string of the molecule is C=C(CN)[C@H](NC(=O)CCCCCCC)C(=O)N[C@H](C(=O)N[C@H](CCN)C(=O)N[C@H]1CCNC(=O)[C@H]([C@@H](C)O)NC(=O)[C@H](CCN)NC(=O)[C@H](CCN)NC(=O)[C@H]([C@@H](C)O)NC(=O)[C@@H](CC(C)C)NC(=O)[C@H](CCN)NC1=O)[C@@H](C)O. The van der Waals surface area contributed by atoms with Crippen molar-refractivity contribution in [1.82, 2.24) is 58.5 Å². The van der Waals surface area contributed by atoms with Crippen LogP contribution in [0.5, 0.6) is 0 Å². The molecule has 1 fully saturated rings. The highest BCUT2D eigenvalue weighted by atomic mass is 16.3. The molecule has 0 aromatic heterocycles. The summed E-state index contributed by atoms with van der Waals surface area (Å²) in [6, 6.07) is -15.7. The molecule has 0 saturated carbocycles. The van der Waals surface area contributed by atoms with Gasteiger partial charge < -0.3 is 102 Å². The van der Waals surface area contributed by atoms with E-state index in [0.717, 1.165) is 25.7 Å². The van der Waals surface area contributed by atoms with Gasteiger partial charge in [0.1, 0.15) is 60.4 Å². The number of unbranched alkanes of at least 4 members (excludes halogenated alkanes) is 4. The number of aliphatic hydroxyl groups excluding tert-OH is 3. The van der Waals surface area contributed by atoms with Crippen molar-refractivity contribution < 1.29 is 68.1 Å². The molecule has 81 heavy (non-hydrogen) atoms. The van der Waals surface area contributed by atoms with E-state index in [1.807, 2.05) is 6.92 Å². The molecular formula is C51H94N16O14. The summed E-state index contributed by atoms with van der Waals surface area (Å²) in [6.07, 6.45) is -1.94. The van der Waals surface area contributed by atoms with Crippen LogP contribution in [0.3, 0.4) is 0 Å². The van der Waals surface area contributed by atoms with Gasteiger partial charge in [-0.05, 0) is 103 Å². The van der Waals surface area contributed by atoms with Gasteiger partial charge in [0.2, 0.25) is 65.0 Å². The number of hydrogen-bond acceptors (Lipinski definition) is 19. The van der Waals surface area contributed by atoms with Crippen LogP contribution in [0.1, 0.15) is 119 Å². The van der Waals surface area contributed by atoms with E-state index in [1.54, 1.807) is 13.8 Å². The number of carbonyl (C=O) groups is 11. The van der Waals surface area contributed by atoms with Gasteiger partial charge in [0.25, 0.3) is 0 Å². The fourth-order valence-corrected chi connectivity index (χ4v) is 8.33. The largest absolute Gasteiger partial charge is 0.391 e. The Balaban J connectivity index is 3.83. The first-order valence-corrected chi connectivity index (χ1v) is 27.7. The minimum absolute atomic E-state index is 0.0448. The molecular weight excluding hydrogens is 1060 g/mol. The van der Waals surface area contributed by atoms with Gasteiger partial charge in [-0.3, -0.25) is 52.7 Å². The highest BCUT2D eigenvalue weighted by Gasteiger charge is 2.38. The summed E-state index contributed by atoms with van der Waals surface area (Å²) in [7, 11) is 0. The van der Waals surface area contributed by atoms with Crippen molar-refractivity contribution >= 4 is 65.0 Å². The normalized spacial score (nSPS) is 23.4. The Morgan fingerprint density at radius 2 is 1.06 bits per heavy atom. The molecule has 0 spiro atoms. The third-order valence-corrected chi connectivity index (χ3v) is 13.0. The number of amides is 11. The molecule has 0 radical (unpaired) electrons. The molecule has 30 heteroatoms. The molecule has 0 aromatic carbocycles. The lowest BCUT2D eigenvalue weighted by molar-refractivity contribution is -0.137. The zero-order chi connectivity index (χ0) is 61.5. The topological polar surface area (TPSA) is 511 Å². The maximum absolute atomic E-state index is 14.4. The second-order valence-electron chi connectivity index (χ2n) is 20.6. The number of rotatable bonds is 28. The van der Waals surface area contributed by atoms with Gasteiger partial charge >= 0.3 is 0 Å². The molecule has 1 rings (SSSR count). The number of nitrogens with one attached hydrogen (secondary N) is 11. The van der Waals surface area contributed by atoms with Crippen LogP contribution >= 0.6 is 0 Å². The lowest BCUT2D eigenvalue weighted by atomic mass is 10.0. The molecule has 462 valence electrons. The van der Waals surface area contributed by atoms with Crippen LogP contribution in [-0.4, -0.2) is 198 Å². The Morgan fingerprint density at radius 3 is 1.54 bits per heavy atom. The Hall–Kier alpha value is -6.41. The fraction of sp³-hybridized carbons (Fsp3) is 0.745. The number of hydrogen-bond donors (Lipinski definition) is 19. The predicted octanol–water partition coefficient (Wildman–Crippen LogP) is -7.19. The summed E-state index contributed by atoms with van der Waals surface area (Å²) >= 11 is 0. The van der Waals surface area contributed by atoms with Crippen LogP contribution in [0.4, 0.5) is 0 Å². The first kappa shape index (κ1) is 72.6. The Bertz CT molecular complexity index is 2100. The highest BCUT2D eigenvalue weighted by Crippen LogP contribution is 2.11. The lowest BCUT2D eigenvalue weighted by Gasteiger charge is -2.29. The van der Waals surface area contributed by atoms with Crippen LogP contribution in [0.2, 0.25) is 0 Å². The maximum Gasteiger partial charge on any atom is 0.247 e. The van der Waals surface area contributed by atoms with E-state index < -0.39 is 157 Å². The van der Waals surface area contributed by atoms with Gasteiger partial charge in [-0.15, -0.1) is 0 Å². The molecule has 1 aliphatic rings. The monoisotopic (exact) mass is 1150 g/mol. The predicted molar refractivity (Wildman–Crippen MR) is 298 cm³/mol. The molecule has 30 nitrogen and oxygen atoms in total. The van der Waals surface area contributed by atoms with E-state index in [2.05, 4.69) is 65.1 Å². The number of nitrogens with two attached hydrogens (primary N) is 5. The van der Waals surface area contributed by atoms with E-state index in [4.69, 9.17) is 28.7 Å².